The van der Waals surface area contributed by atoms with Crippen LogP contribution in [0.15, 0.2) is 18.2 Å². The van der Waals surface area contributed by atoms with Gasteiger partial charge in [-0.2, -0.15) is 0 Å². The lowest BCUT2D eigenvalue weighted by atomic mass is 10.0. The summed E-state index contributed by atoms with van der Waals surface area (Å²) in [4.78, 5) is 11.0. The molecule has 0 aromatic heterocycles. The van der Waals surface area contributed by atoms with E-state index in [1.807, 2.05) is 6.07 Å². The number of Topliss-reactive ketones (excluding diaryl/α,β-unsaturated/α-hetero) is 1. The Morgan fingerprint density at radius 3 is 2.44 bits per heavy atom. The maximum atomic E-state index is 11.0. The fourth-order valence-electron chi connectivity index (χ4n) is 1.51. The molecule has 2 N–H and O–H groups in total. The molecule has 0 saturated carbocycles. The first-order valence-corrected chi connectivity index (χ1v) is 5.05. The topological polar surface area (TPSA) is 61.5 Å². The molecule has 4 heteroatoms. The maximum Gasteiger partial charge on any atom is 0.161 e. The molecular formula is C12H17NO3. The minimum absolute atomic E-state index is 0.0716. The van der Waals surface area contributed by atoms with Crippen molar-refractivity contribution >= 4 is 5.78 Å². The quantitative estimate of drug-likeness (QED) is 0.825. The van der Waals surface area contributed by atoms with E-state index in [0.29, 0.717) is 17.9 Å². The van der Waals surface area contributed by atoms with Gasteiger partial charge in [-0.05, 0) is 24.6 Å². The van der Waals surface area contributed by atoms with Crippen molar-refractivity contribution in [3.63, 3.8) is 0 Å². The van der Waals surface area contributed by atoms with Gasteiger partial charge in [0, 0.05) is 12.5 Å². The number of nitrogens with two attached hydrogens (primary N) is 1. The van der Waals surface area contributed by atoms with Gasteiger partial charge in [0.2, 0.25) is 0 Å². The first kappa shape index (κ1) is 12.5. The SMILES string of the molecule is COc1ccc(C(N)CC(C)=O)cc1OC. The van der Waals surface area contributed by atoms with Crippen molar-refractivity contribution in [1.29, 1.82) is 0 Å². The summed E-state index contributed by atoms with van der Waals surface area (Å²) in [6.07, 6.45) is 0.329. The highest BCUT2D eigenvalue weighted by Crippen LogP contribution is 2.30. The monoisotopic (exact) mass is 223 g/mol. The number of carbonyl (C=O) groups is 1. The van der Waals surface area contributed by atoms with Crippen LogP contribution in [0, 0.1) is 0 Å². The van der Waals surface area contributed by atoms with Crippen LogP contribution in [0.4, 0.5) is 0 Å². The van der Waals surface area contributed by atoms with Crippen LogP contribution in [0.5, 0.6) is 11.5 Å². The molecule has 0 aliphatic carbocycles. The van der Waals surface area contributed by atoms with E-state index in [-0.39, 0.29) is 11.8 Å². The summed E-state index contributed by atoms with van der Waals surface area (Å²) in [7, 11) is 3.14. The normalized spacial score (nSPS) is 12.0. The van der Waals surface area contributed by atoms with E-state index in [9.17, 15) is 4.79 Å². The Labute approximate surface area is 95.3 Å². The molecule has 0 amide bonds. The van der Waals surface area contributed by atoms with Gasteiger partial charge < -0.3 is 15.2 Å². The Kier molecular flexibility index (Phi) is 4.31. The number of ketones is 1. The number of ether oxygens (including phenoxy) is 2. The zero-order valence-electron chi connectivity index (χ0n) is 9.82. The molecule has 0 saturated heterocycles. The molecule has 0 radical (unpaired) electrons. The van der Waals surface area contributed by atoms with Gasteiger partial charge >= 0.3 is 0 Å². The maximum absolute atomic E-state index is 11.0. The molecule has 0 aliphatic heterocycles. The highest BCUT2D eigenvalue weighted by Gasteiger charge is 2.11. The molecule has 4 nitrogen and oxygen atoms in total. The lowest BCUT2D eigenvalue weighted by Crippen LogP contribution is -2.13. The summed E-state index contributed by atoms with van der Waals surface area (Å²) in [5, 5.41) is 0. The molecule has 0 fully saturated rings. The van der Waals surface area contributed by atoms with Gasteiger partial charge in [0.15, 0.2) is 11.5 Å². The third-order valence-electron chi connectivity index (χ3n) is 2.34. The van der Waals surface area contributed by atoms with Crippen molar-refractivity contribution in [2.24, 2.45) is 5.73 Å². The van der Waals surface area contributed by atoms with Crippen LogP contribution in [0.2, 0.25) is 0 Å². The molecule has 1 aromatic rings. The summed E-state index contributed by atoms with van der Waals surface area (Å²) in [6.45, 7) is 1.53. The highest BCUT2D eigenvalue weighted by atomic mass is 16.5. The van der Waals surface area contributed by atoms with Crippen LogP contribution in [-0.2, 0) is 4.79 Å². The van der Waals surface area contributed by atoms with E-state index >= 15 is 0 Å². The van der Waals surface area contributed by atoms with E-state index < -0.39 is 0 Å². The van der Waals surface area contributed by atoms with Crippen LogP contribution in [-0.4, -0.2) is 20.0 Å². The lowest BCUT2D eigenvalue weighted by molar-refractivity contribution is -0.117. The van der Waals surface area contributed by atoms with E-state index in [2.05, 4.69) is 0 Å². The van der Waals surface area contributed by atoms with Crippen molar-refractivity contribution in [1.82, 2.24) is 0 Å². The fourth-order valence-corrected chi connectivity index (χ4v) is 1.51. The third kappa shape index (κ3) is 2.97. The van der Waals surface area contributed by atoms with E-state index in [1.165, 1.54) is 6.92 Å². The molecule has 0 bridgehead atoms. The Hall–Kier alpha value is -1.55. The van der Waals surface area contributed by atoms with Gasteiger partial charge in [0.05, 0.1) is 14.2 Å². The smallest absolute Gasteiger partial charge is 0.161 e. The van der Waals surface area contributed by atoms with Gasteiger partial charge in [-0.3, -0.25) is 4.79 Å². The molecule has 1 rings (SSSR count). The van der Waals surface area contributed by atoms with Gasteiger partial charge in [-0.25, -0.2) is 0 Å². The Balaban J connectivity index is 2.93. The van der Waals surface area contributed by atoms with Gasteiger partial charge in [-0.15, -0.1) is 0 Å². The van der Waals surface area contributed by atoms with E-state index in [0.717, 1.165) is 5.56 Å². The van der Waals surface area contributed by atoms with E-state index in [4.69, 9.17) is 15.2 Å². The average molecular weight is 223 g/mol. The number of rotatable bonds is 5. The summed E-state index contributed by atoms with van der Waals surface area (Å²) in [5.41, 5.74) is 6.76. The largest absolute Gasteiger partial charge is 0.493 e. The Bertz CT molecular complexity index is 377. The highest BCUT2D eigenvalue weighted by molar-refractivity contribution is 5.76. The van der Waals surface area contributed by atoms with E-state index in [1.54, 1.807) is 26.4 Å². The number of benzene rings is 1. The second kappa shape index (κ2) is 5.51. The van der Waals surface area contributed by atoms with Crippen LogP contribution in [0.1, 0.15) is 24.9 Å². The van der Waals surface area contributed by atoms with Crippen molar-refractivity contribution in [2.75, 3.05) is 14.2 Å². The number of hydrogen-bond acceptors (Lipinski definition) is 4. The zero-order chi connectivity index (χ0) is 12.1. The van der Waals surface area contributed by atoms with Crippen molar-refractivity contribution in [2.45, 2.75) is 19.4 Å². The van der Waals surface area contributed by atoms with Crippen molar-refractivity contribution in [3.05, 3.63) is 23.8 Å². The minimum Gasteiger partial charge on any atom is -0.493 e. The van der Waals surface area contributed by atoms with Crippen LogP contribution < -0.4 is 15.2 Å². The van der Waals surface area contributed by atoms with Crippen molar-refractivity contribution < 1.29 is 14.3 Å². The molecule has 0 aliphatic rings. The fraction of sp³-hybridized carbons (Fsp3) is 0.417. The predicted molar refractivity (Wildman–Crippen MR) is 61.8 cm³/mol. The molecule has 1 aromatic carbocycles. The Morgan fingerprint density at radius 1 is 1.31 bits per heavy atom. The summed E-state index contributed by atoms with van der Waals surface area (Å²) >= 11 is 0. The third-order valence-corrected chi connectivity index (χ3v) is 2.34. The van der Waals surface area contributed by atoms with Gasteiger partial charge in [0.25, 0.3) is 0 Å². The summed E-state index contributed by atoms with van der Waals surface area (Å²) in [5.74, 6) is 1.35. The van der Waals surface area contributed by atoms with Crippen LogP contribution in [0.3, 0.4) is 0 Å². The Morgan fingerprint density at radius 2 is 1.94 bits per heavy atom. The summed E-state index contributed by atoms with van der Waals surface area (Å²) in [6, 6.07) is 5.13. The first-order valence-electron chi connectivity index (χ1n) is 5.05. The summed E-state index contributed by atoms with van der Waals surface area (Å²) < 4.78 is 10.3. The average Bonchev–Trinajstić information content (AvgIpc) is 2.27. The number of methoxy groups -OCH3 is 2. The molecule has 0 heterocycles. The molecular weight excluding hydrogens is 206 g/mol. The molecule has 1 atom stereocenters. The number of hydrogen-bond donors (Lipinski definition) is 1. The minimum atomic E-state index is -0.294. The van der Waals surface area contributed by atoms with Crippen LogP contribution in [0.25, 0.3) is 0 Å². The zero-order valence-corrected chi connectivity index (χ0v) is 9.82. The van der Waals surface area contributed by atoms with Gasteiger partial charge in [-0.1, -0.05) is 6.07 Å². The molecule has 1 unspecified atom stereocenters. The first-order chi connectivity index (χ1) is 7.58. The second-order valence-electron chi connectivity index (χ2n) is 3.63. The van der Waals surface area contributed by atoms with Crippen LogP contribution >= 0.6 is 0 Å². The lowest BCUT2D eigenvalue weighted by Gasteiger charge is -2.13. The standard InChI is InChI=1S/C12H17NO3/c1-8(14)6-10(13)9-4-5-11(15-2)12(7-9)16-3/h4-5,7,10H,6,13H2,1-3H3. The van der Waals surface area contributed by atoms with Crippen molar-refractivity contribution in [3.8, 4) is 11.5 Å². The second-order valence-corrected chi connectivity index (χ2v) is 3.63. The number of carbonyl (C=O) groups excluding carboxylic acids is 1. The molecule has 16 heavy (non-hydrogen) atoms. The molecule has 0 spiro atoms. The van der Waals surface area contributed by atoms with Gasteiger partial charge in [0.1, 0.15) is 5.78 Å². The molecule has 88 valence electrons. The predicted octanol–water partition coefficient (Wildman–Crippen LogP) is 1.68.